The summed E-state index contributed by atoms with van der Waals surface area (Å²) in [5.41, 5.74) is 17.5. The van der Waals surface area contributed by atoms with Crippen LogP contribution in [-0.2, 0) is 20.8 Å². The fourth-order valence-corrected chi connectivity index (χ4v) is 2.63. The summed E-state index contributed by atoms with van der Waals surface area (Å²) in [5, 5.41) is 4.98. The van der Waals surface area contributed by atoms with Crippen molar-refractivity contribution in [3.05, 3.63) is 29.8 Å². The predicted octanol–water partition coefficient (Wildman–Crippen LogP) is -0.759. The Kier molecular flexibility index (Phi) is 10.9. The predicted molar refractivity (Wildman–Crippen MR) is 115 cm³/mol. The zero-order valence-electron chi connectivity index (χ0n) is 16.8. The largest absolute Gasteiger partial charge is 0.412 e. The zero-order chi connectivity index (χ0) is 22.7. The van der Waals surface area contributed by atoms with Gasteiger partial charge in [-0.2, -0.15) is 12.6 Å². The summed E-state index contributed by atoms with van der Waals surface area (Å²) in [4.78, 5) is 46.0. The van der Waals surface area contributed by atoms with Gasteiger partial charge in [0.2, 0.25) is 11.8 Å². The average Bonchev–Trinajstić information content (AvgIpc) is 2.70. The summed E-state index contributed by atoms with van der Waals surface area (Å²) in [6.07, 6.45) is 0.470. The minimum atomic E-state index is -0.885. The molecule has 1 aromatic carbocycles. The smallest absolute Gasteiger partial charge is 0.410 e. The van der Waals surface area contributed by atoms with Crippen LogP contribution in [0.5, 0.6) is 5.75 Å². The Morgan fingerprint density at radius 2 is 1.73 bits per heavy atom. The normalized spacial score (nSPS) is 13.6. The maximum Gasteiger partial charge on any atom is 0.412 e. The van der Waals surface area contributed by atoms with Gasteiger partial charge < -0.3 is 32.6 Å². The van der Waals surface area contributed by atoms with E-state index >= 15 is 0 Å². The van der Waals surface area contributed by atoms with Crippen LogP contribution < -0.4 is 32.6 Å². The van der Waals surface area contributed by atoms with Gasteiger partial charge in [-0.05, 0) is 43.9 Å². The molecule has 11 heteroatoms. The Hall–Kier alpha value is -2.63. The molecule has 0 aliphatic rings. The van der Waals surface area contributed by atoms with Crippen LogP contribution >= 0.6 is 12.6 Å². The molecule has 0 spiro atoms. The molecule has 0 bridgehead atoms. The fraction of sp³-hybridized carbons (Fsp3) is 0.474. The monoisotopic (exact) mass is 439 g/mol. The zero-order valence-corrected chi connectivity index (χ0v) is 17.7. The van der Waals surface area contributed by atoms with E-state index in [-0.39, 0.29) is 24.5 Å². The third-order valence-electron chi connectivity index (χ3n) is 4.25. The number of thiol groups is 1. The SMILES string of the molecule is CC(=O)[C@@H](N)Cc1ccc(OC(=O)NCCC[C@H](N)C(=O)N[C@@H](CS)C(N)=O)cc1. The van der Waals surface area contributed by atoms with Crippen molar-refractivity contribution in [2.24, 2.45) is 17.2 Å². The first-order chi connectivity index (χ1) is 14.1. The molecular formula is C19H29N5O5S. The van der Waals surface area contributed by atoms with Gasteiger partial charge >= 0.3 is 6.09 Å². The number of carbonyl (C=O) groups excluding carboxylic acids is 4. The van der Waals surface area contributed by atoms with Crippen molar-refractivity contribution >= 4 is 36.3 Å². The molecule has 0 aliphatic carbocycles. The minimum absolute atomic E-state index is 0.0751. The molecule has 0 saturated heterocycles. The van der Waals surface area contributed by atoms with E-state index in [0.717, 1.165) is 5.56 Å². The highest BCUT2D eigenvalue weighted by Crippen LogP contribution is 2.13. The second-order valence-corrected chi connectivity index (χ2v) is 7.14. The summed E-state index contributed by atoms with van der Waals surface area (Å²) in [6.45, 7) is 1.68. The van der Waals surface area contributed by atoms with Gasteiger partial charge in [-0.3, -0.25) is 14.4 Å². The molecule has 0 unspecified atom stereocenters. The summed E-state index contributed by atoms with van der Waals surface area (Å²) >= 11 is 3.94. The van der Waals surface area contributed by atoms with Gasteiger partial charge in [0.05, 0.1) is 12.1 Å². The van der Waals surface area contributed by atoms with Gasteiger partial charge in [0, 0.05) is 12.3 Å². The highest BCUT2D eigenvalue weighted by Gasteiger charge is 2.20. The maximum absolute atomic E-state index is 11.9. The lowest BCUT2D eigenvalue weighted by molar-refractivity contribution is -0.127. The second kappa shape index (κ2) is 12.8. The number of nitrogens with two attached hydrogens (primary N) is 3. The van der Waals surface area contributed by atoms with Crippen LogP contribution in [0.25, 0.3) is 0 Å². The summed E-state index contributed by atoms with van der Waals surface area (Å²) in [7, 11) is 0. The van der Waals surface area contributed by atoms with E-state index in [9.17, 15) is 19.2 Å². The van der Waals surface area contributed by atoms with Crippen molar-refractivity contribution in [3.8, 4) is 5.75 Å². The molecule has 166 valence electrons. The Balaban J connectivity index is 2.32. The molecule has 0 aromatic heterocycles. The fourth-order valence-electron chi connectivity index (χ4n) is 2.36. The number of carbonyl (C=O) groups is 4. The van der Waals surface area contributed by atoms with Crippen LogP contribution in [-0.4, -0.2) is 54.1 Å². The van der Waals surface area contributed by atoms with E-state index in [4.69, 9.17) is 21.9 Å². The van der Waals surface area contributed by atoms with Crippen LogP contribution in [0.3, 0.4) is 0 Å². The average molecular weight is 440 g/mol. The number of Topliss-reactive ketones (excluding diaryl/α,β-unsaturated/α-hetero) is 1. The highest BCUT2D eigenvalue weighted by molar-refractivity contribution is 7.80. The van der Waals surface area contributed by atoms with E-state index in [1.165, 1.54) is 6.92 Å². The van der Waals surface area contributed by atoms with Crippen molar-refractivity contribution in [3.63, 3.8) is 0 Å². The Morgan fingerprint density at radius 3 is 2.27 bits per heavy atom. The van der Waals surface area contributed by atoms with E-state index in [1.807, 2.05) is 0 Å². The molecule has 10 nitrogen and oxygen atoms in total. The molecular weight excluding hydrogens is 410 g/mol. The molecule has 3 atom stereocenters. The van der Waals surface area contributed by atoms with Crippen molar-refractivity contribution in [2.45, 2.75) is 44.3 Å². The van der Waals surface area contributed by atoms with E-state index in [0.29, 0.717) is 18.6 Å². The van der Waals surface area contributed by atoms with E-state index < -0.39 is 36.0 Å². The number of amides is 3. The number of hydrogen-bond acceptors (Lipinski definition) is 8. The van der Waals surface area contributed by atoms with Crippen molar-refractivity contribution in [1.82, 2.24) is 10.6 Å². The number of hydrogen-bond donors (Lipinski definition) is 6. The van der Waals surface area contributed by atoms with Crippen LogP contribution in [0.15, 0.2) is 24.3 Å². The molecule has 3 amide bonds. The first-order valence-corrected chi connectivity index (χ1v) is 10.0. The Morgan fingerprint density at radius 1 is 1.10 bits per heavy atom. The lowest BCUT2D eigenvalue weighted by atomic mass is 10.0. The molecule has 0 aliphatic heterocycles. The lowest BCUT2D eigenvalue weighted by Crippen LogP contribution is -2.51. The Labute approximate surface area is 180 Å². The number of primary amides is 1. The number of rotatable bonds is 12. The molecule has 8 N–H and O–H groups in total. The second-order valence-electron chi connectivity index (χ2n) is 6.78. The van der Waals surface area contributed by atoms with Crippen LogP contribution in [0, 0.1) is 0 Å². The number of ketones is 1. The van der Waals surface area contributed by atoms with Crippen LogP contribution in [0.1, 0.15) is 25.3 Å². The molecule has 0 saturated carbocycles. The molecule has 30 heavy (non-hydrogen) atoms. The quantitative estimate of drug-likeness (QED) is 0.183. The molecule has 0 heterocycles. The van der Waals surface area contributed by atoms with Crippen molar-refractivity contribution < 1.29 is 23.9 Å². The number of ether oxygens (including phenoxy) is 1. The van der Waals surface area contributed by atoms with Crippen LogP contribution in [0.2, 0.25) is 0 Å². The topological polar surface area (TPSA) is 180 Å². The van der Waals surface area contributed by atoms with Gasteiger partial charge in [-0.15, -0.1) is 0 Å². The molecule has 1 rings (SSSR count). The van der Waals surface area contributed by atoms with E-state index in [1.54, 1.807) is 24.3 Å². The summed E-state index contributed by atoms with van der Waals surface area (Å²) < 4.78 is 5.15. The van der Waals surface area contributed by atoms with Gasteiger partial charge in [0.1, 0.15) is 17.6 Å². The number of nitrogens with one attached hydrogen (secondary N) is 2. The summed E-state index contributed by atoms with van der Waals surface area (Å²) in [6, 6.07) is 4.38. The lowest BCUT2D eigenvalue weighted by Gasteiger charge is -2.17. The maximum atomic E-state index is 11.9. The van der Waals surface area contributed by atoms with Gasteiger partial charge in [-0.25, -0.2) is 4.79 Å². The standard InChI is InChI=1S/C19H29N5O5S/c1-11(25)15(21)9-12-4-6-13(7-5-12)29-19(28)23-8-2-3-14(20)18(27)24-16(10-30)17(22)26/h4-7,14-16,30H,2-3,8-10,20-21H2,1H3,(H2,22,26)(H,23,28)(H,24,27)/t14-,15-,16-/m0/s1. The minimum Gasteiger partial charge on any atom is -0.410 e. The Bertz CT molecular complexity index is 743. The molecule has 0 fully saturated rings. The third kappa shape index (κ3) is 9.25. The molecule has 0 radical (unpaired) electrons. The molecule has 1 aromatic rings. The first kappa shape index (κ1) is 25.4. The number of benzene rings is 1. The summed E-state index contributed by atoms with van der Waals surface area (Å²) in [5.74, 6) is -0.884. The van der Waals surface area contributed by atoms with Gasteiger partial charge in [0.25, 0.3) is 0 Å². The van der Waals surface area contributed by atoms with Gasteiger partial charge in [-0.1, -0.05) is 12.1 Å². The third-order valence-corrected chi connectivity index (χ3v) is 4.62. The van der Waals surface area contributed by atoms with Crippen LogP contribution in [0.4, 0.5) is 4.79 Å². The van der Waals surface area contributed by atoms with Crippen molar-refractivity contribution in [1.29, 1.82) is 0 Å². The van der Waals surface area contributed by atoms with Crippen molar-refractivity contribution in [2.75, 3.05) is 12.3 Å². The first-order valence-electron chi connectivity index (χ1n) is 9.40. The van der Waals surface area contributed by atoms with Gasteiger partial charge in [0.15, 0.2) is 0 Å². The highest BCUT2D eigenvalue weighted by atomic mass is 32.1. The van der Waals surface area contributed by atoms with E-state index in [2.05, 4.69) is 23.3 Å².